The van der Waals surface area contributed by atoms with E-state index in [1.54, 1.807) is 19.1 Å². The van der Waals surface area contributed by atoms with Gasteiger partial charge in [0.1, 0.15) is 6.54 Å². The molecule has 2 aromatic rings. The summed E-state index contributed by atoms with van der Waals surface area (Å²) in [6.45, 7) is 4.31. The number of rotatable bonds is 6. The predicted molar refractivity (Wildman–Crippen MR) is 112 cm³/mol. The van der Waals surface area contributed by atoms with Crippen LogP contribution in [0.1, 0.15) is 16.7 Å². The van der Waals surface area contributed by atoms with Crippen molar-refractivity contribution in [1.29, 1.82) is 0 Å². The third kappa shape index (κ3) is 5.42. The van der Waals surface area contributed by atoms with Gasteiger partial charge in [-0.05, 0) is 36.2 Å². The minimum Gasteiger partial charge on any atom is -0.493 e. The van der Waals surface area contributed by atoms with Crippen LogP contribution in [0.4, 0.5) is 13.2 Å². The summed E-state index contributed by atoms with van der Waals surface area (Å²) in [4.78, 5) is 28.3. The maximum Gasteiger partial charge on any atom is 0.417 e. The standard InChI is InChI=1S/C22H26F3N3O4/c1-15-10-18(31-2)19(32-3)11-16(15)12-26-6-8-27(9-7-26)21(30)14-28-13-17(22(23,24)25)4-5-20(28)29/h4-5,10-11,13H,6-9,12,14H2,1-3H3. The second-order valence-electron chi connectivity index (χ2n) is 7.67. The molecule has 0 N–H and O–H groups in total. The number of aromatic nitrogens is 1. The molecule has 1 saturated heterocycles. The number of aryl methyl sites for hydroxylation is 1. The molecule has 2 heterocycles. The zero-order valence-electron chi connectivity index (χ0n) is 18.2. The number of piperazine rings is 1. The molecule has 174 valence electrons. The molecule has 0 radical (unpaired) electrons. The Bertz CT molecular complexity index is 1030. The number of hydrogen-bond acceptors (Lipinski definition) is 5. The first-order valence-electron chi connectivity index (χ1n) is 10.1. The molecular weight excluding hydrogens is 427 g/mol. The van der Waals surface area contributed by atoms with Gasteiger partial charge in [-0.2, -0.15) is 13.2 Å². The molecule has 1 aromatic carbocycles. The van der Waals surface area contributed by atoms with E-state index in [1.807, 2.05) is 19.1 Å². The Morgan fingerprint density at radius 1 is 1.03 bits per heavy atom. The number of hydrogen-bond donors (Lipinski definition) is 0. The van der Waals surface area contributed by atoms with Crippen LogP contribution in [-0.4, -0.2) is 60.7 Å². The monoisotopic (exact) mass is 453 g/mol. The minimum atomic E-state index is -4.58. The van der Waals surface area contributed by atoms with Gasteiger partial charge in [-0.3, -0.25) is 14.5 Å². The number of alkyl halides is 3. The number of pyridine rings is 1. The number of amides is 1. The topological polar surface area (TPSA) is 64.0 Å². The summed E-state index contributed by atoms with van der Waals surface area (Å²) in [5, 5.41) is 0. The number of benzene rings is 1. The summed E-state index contributed by atoms with van der Waals surface area (Å²) in [5.41, 5.74) is 0.539. The van der Waals surface area contributed by atoms with E-state index in [0.29, 0.717) is 50.4 Å². The molecule has 0 atom stereocenters. The first kappa shape index (κ1) is 23.6. The highest BCUT2D eigenvalue weighted by atomic mass is 19.4. The lowest BCUT2D eigenvalue weighted by atomic mass is 10.1. The van der Waals surface area contributed by atoms with Crippen LogP contribution in [0.15, 0.2) is 35.3 Å². The van der Waals surface area contributed by atoms with Crippen molar-refractivity contribution in [3.63, 3.8) is 0 Å². The molecule has 1 aromatic heterocycles. The third-order valence-corrected chi connectivity index (χ3v) is 5.58. The average molecular weight is 453 g/mol. The maximum absolute atomic E-state index is 12.9. The van der Waals surface area contributed by atoms with E-state index in [1.165, 1.54) is 0 Å². The van der Waals surface area contributed by atoms with Crippen LogP contribution < -0.4 is 15.0 Å². The summed E-state index contributed by atoms with van der Waals surface area (Å²) in [5.74, 6) is 0.927. The Morgan fingerprint density at radius 2 is 1.66 bits per heavy atom. The minimum absolute atomic E-state index is 0.381. The smallest absolute Gasteiger partial charge is 0.417 e. The van der Waals surface area contributed by atoms with Gasteiger partial charge in [0.05, 0.1) is 19.8 Å². The Kier molecular flexibility index (Phi) is 7.12. The number of carbonyl (C=O) groups excluding carboxylic acids is 1. The molecule has 0 spiro atoms. The predicted octanol–water partition coefficient (Wildman–Crippen LogP) is 2.54. The van der Waals surface area contributed by atoms with Crippen molar-refractivity contribution >= 4 is 5.91 Å². The number of nitrogens with zero attached hydrogens (tertiary/aromatic N) is 3. The van der Waals surface area contributed by atoms with Crippen LogP contribution in [0.3, 0.4) is 0 Å². The highest BCUT2D eigenvalue weighted by molar-refractivity contribution is 5.76. The second kappa shape index (κ2) is 9.64. The molecule has 0 unspecified atom stereocenters. The molecule has 3 rings (SSSR count). The van der Waals surface area contributed by atoms with Crippen molar-refractivity contribution < 1.29 is 27.4 Å². The van der Waals surface area contributed by atoms with E-state index in [-0.39, 0.29) is 5.91 Å². The second-order valence-corrected chi connectivity index (χ2v) is 7.67. The Labute approximate surface area is 183 Å². The van der Waals surface area contributed by atoms with Crippen LogP contribution in [0.2, 0.25) is 0 Å². The van der Waals surface area contributed by atoms with Gasteiger partial charge < -0.3 is 18.9 Å². The molecule has 0 saturated carbocycles. The van der Waals surface area contributed by atoms with Crippen LogP contribution >= 0.6 is 0 Å². The third-order valence-electron chi connectivity index (χ3n) is 5.58. The van der Waals surface area contributed by atoms with E-state index < -0.39 is 23.8 Å². The SMILES string of the molecule is COc1cc(C)c(CN2CCN(C(=O)Cn3cc(C(F)(F)F)ccc3=O)CC2)cc1OC. The zero-order chi connectivity index (χ0) is 23.5. The quantitative estimate of drug-likeness (QED) is 0.673. The number of carbonyl (C=O) groups is 1. The number of halogens is 3. The molecule has 1 fully saturated rings. The lowest BCUT2D eigenvalue weighted by Gasteiger charge is -2.35. The molecule has 1 aliphatic heterocycles. The van der Waals surface area contributed by atoms with E-state index in [2.05, 4.69) is 4.90 Å². The highest BCUT2D eigenvalue weighted by Crippen LogP contribution is 2.31. The van der Waals surface area contributed by atoms with Crippen LogP contribution in [-0.2, 0) is 24.1 Å². The lowest BCUT2D eigenvalue weighted by Crippen LogP contribution is -2.49. The molecular formula is C22H26F3N3O4. The van der Waals surface area contributed by atoms with E-state index >= 15 is 0 Å². The van der Waals surface area contributed by atoms with Crippen molar-refractivity contribution in [2.75, 3.05) is 40.4 Å². The maximum atomic E-state index is 12.9. The van der Waals surface area contributed by atoms with Crippen LogP contribution in [0.5, 0.6) is 11.5 Å². The largest absolute Gasteiger partial charge is 0.493 e. The van der Waals surface area contributed by atoms with Gasteiger partial charge in [0, 0.05) is 45.0 Å². The van der Waals surface area contributed by atoms with Gasteiger partial charge in [-0.25, -0.2) is 0 Å². The first-order valence-corrected chi connectivity index (χ1v) is 10.1. The van der Waals surface area contributed by atoms with Crippen LogP contribution in [0, 0.1) is 6.92 Å². The number of methoxy groups -OCH3 is 2. The van der Waals surface area contributed by atoms with E-state index in [4.69, 9.17) is 9.47 Å². The van der Waals surface area contributed by atoms with E-state index in [0.717, 1.165) is 27.8 Å². The van der Waals surface area contributed by atoms with Gasteiger partial charge in [-0.1, -0.05) is 0 Å². The molecule has 10 heteroatoms. The summed E-state index contributed by atoms with van der Waals surface area (Å²) in [6, 6.07) is 5.41. The van der Waals surface area contributed by atoms with Crippen molar-refractivity contribution in [2.24, 2.45) is 0 Å². The summed E-state index contributed by atoms with van der Waals surface area (Å²) >= 11 is 0. The van der Waals surface area contributed by atoms with Gasteiger partial charge >= 0.3 is 6.18 Å². The highest BCUT2D eigenvalue weighted by Gasteiger charge is 2.31. The lowest BCUT2D eigenvalue weighted by molar-refractivity contribution is -0.139. The van der Waals surface area contributed by atoms with Crippen molar-refractivity contribution in [1.82, 2.24) is 14.4 Å². The Hall–Kier alpha value is -3.01. The van der Waals surface area contributed by atoms with Gasteiger partial charge in [0.15, 0.2) is 11.5 Å². The molecule has 1 aliphatic rings. The first-order chi connectivity index (χ1) is 15.1. The summed E-state index contributed by atoms with van der Waals surface area (Å²) in [6.07, 6.45) is -3.89. The molecule has 32 heavy (non-hydrogen) atoms. The molecule has 0 bridgehead atoms. The fraction of sp³-hybridized carbons (Fsp3) is 0.455. The number of ether oxygens (including phenoxy) is 2. The van der Waals surface area contributed by atoms with Crippen molar-refractivity contribution in [3.8, 4) is 11.5 Å². The van der Waals surface area contributed by atoms with Crippen molar-refractivity contribution in [2.45, 2.75) is 26.2 Å². The fourth-order valence-corrected chi connectivity index (χ4v) is 3.66. The average Bonchev–Trinajstić information content (AvgIpc) is 2.76. The van der Waals surface area contributed by atoms with Crippen LogP contribution in [0.25, 0.3) is 0 Å². The van der Waals surface area contributed by atoms with Crippen molar-refractivity contribution in [3.05, 3.63) is 57.5 Å². The van der Waals surface area contributed by atoms with Gasteiger partial charge in [0.2, 0.25) is 5.91 Å². The van der Waals surface area contributed by atoms with Gasteiger partial charge in [-0.15, -0.1) is 0 Å². The Morgan fingerprint density at radius 3 is 2.25 bits per heavy atom. The van der Waals surface area contributed by atoms with Gasteiger partial charge in [0.25, 0.3) is 5.56 Å². The zero-order valence-corrected chi connectivity index (χ0v) is 18.2. The summed E-state index contributed by atoms with van der Waals surface area (Å²) < 4.78 is 50.2. The summed E-state index contributed by atoms with van der Waals surface area (Å²) in [7, 11) is 3.16. The molecule has 1 amide bonds. The Balaban J connectivity index is 1.61. The fourth-order valence-electron chi connectivity index (χ4n) is 3.66. The van der Waals surface area contributed by atoms with E-state index in [9.17, 15) is 22.8 Å². The normalized spacial score (nSPS) is 15.0. The molecule has 7 nitrogen and oxygen atoms in total. The molecule has 0 aliphatic carbocycles.